The zero-order valence-electron chi connectivity index (χ0n) is 15.2. The van der Waals surface area contributed by atoms with Crippen molar-refractivity contribution >= 4 is 29.3 Å². The highest BCUT2D eigenvalue weighted by atomic mass is 16.5. The van der Waals surface area contributed by atoms with Crippen LogP contribution in [-0.2, 0) is 16.1 Å². The number of nitrogens with one attached hydrogen (secondary N) is 1. The number of furan rings is 1. The number of hydrogen-bond acceptors (Lipinski definition) is 6. The van der Waals surface area contributed by atoms with E-state index in [0.29, 0.717) is 23.6 Å². The molecular weight excluding hydrogens is 360 g/mol. The maximum absolute atomic E-state index is 12.4. The highest BCUT2D eigenvalue weighted by molar-refractivity contribution is 6.30. The number of amidine groups is 1. The Bertz CT molecular complexity index is 1030. The first-order chi connectivity index (χ1) is 13.2. The Morgan fingerprint density at radius 1 is 1.36 bits per heavy atom. The summed E-state index contributed by atoms with van der Waals surface area (Å²) in [5.41, 5.74) is 2.53. The van der Waals surface area contributed by atoms with Gasteiger partial charge in [0.05, 0.1) is 31.3 Å². The first-order valence-corrected chi connectivity index (χ1v) is 8.55. The normalized spacial score (nSPS) is 18.7. The smallest absolute Gasteiger partial charge is 0.346 e. The van der Waals surface area contributed by atoms with Gasteiger partial charge in [-0.3, -0.25) is 0 Å². The molecule has 28 heavy (non-hydrogen) atoms. The zero-order chi connectivity index (χ0) is 18.9. The Morgan fingerprint density at radius 2 is 2.21 bits per heavy atom. The van der Waals surface area contributed by atoms with Crippen molar-refractivity contribution in [3.63, 3.8) is 0 Å². The topological polar surface area (TPSA) is 119 Å². The van der Waals surface area contributed by atoms with Gasteiger partial charge in [-0.05, 0) is 37.3 Å². The molecule has 0 radical (unpaired) electrons. The number of esters is 1. The largest absolute Gasteiger partial charge is 0.467 e. The van der Waals surface area contributed by atoms with Crippen LogP contribution < -0.4 is 9.80 Å². The summed E-state index contributed by atoms with van der Waals surface area (Å²) >= 11 is 0. The third kappa shape index (κ3) is 2.89. The summed E-state index contributed by atoms with van der Waals surface area (Å²) in [5.74, 6) is 0.633. The fourth-order valence-electron chi connectivity index (χ4n) is 3.33. The quantitative estimate of drug-likeness (QED) is 0.487. The first kappa shape index (κ1) is 19.1. The number of rotatable bonds is 5. The molecule has 2 aliphatic heterocycles. The number of nitriles is 1. The lowest BCUT2D eigenvalue weighted by Crippen LogP contribution is -2.47. The first-order valence-electron chi connectivity index (χ1n) is 8.55. The van der Waals surface area contributed by atoms with Crippen molar-refractivity contribution < 1.29 is 19.4 Å². The fraction of sp³-hybridized carbons (Fsp3) is 0.150. The van der Waals surface area contributed by atoms with Crippen molar-refractivity contribution in [1.29, 1.82) is 5.26 Å². The molecule has 2 aliphatic rings. The van der Waals surface area contributed by atoms with E-state index in [1.54, 1.807) is 31.7 Å². The highest BCUT2D eigenvalue weighted by Gasteiger charge is 2.49. The van der Waals surface area contributed by atoms with Crippen molar-refractivity contribution in [2.75, 3.05) is 11.9 Å². The summed E-state index contributed by atoms with van der Waals surface area (Å²) in [6, 6.07) is 9.33. The standard InChI is InChI=1S/C20H17N4O3.H2O/c1-2-26-20(25)16-11-14-5-3-7-17(23-12-15-6-4-10-27-15)18(14)24(13-21)9-8-22-19(16)24;/h3-11,23H,2,12H2,1H3;1H2/q+1;. The number of quaternary nitrogens is 1. The monoisotopic (exact) mass is 379 g/mol. The van der Waals surface area contributed by atoms with Crippen molar-refractivity contribution in [3.8, 4) is 6.19 Å². The lowest BCUT2D eigenvalue weighted by Gasteiger charge is -2.29. The van der Waals surface area contributed by atoms with Gasteiger partial charge < -0.3 is 19.9 Å². The number of carbonyl (C=O) groups excluding carboxylic acids is 1. The summed E-state index contributed by atoms with van der Waals surface area (Å²) in [5, 5.41) is 13.4. The Morgan fingerprint density at radius 3 is 2.93 bits per heavy atom. The van der Waals surface area contributed by atoms with Crippen LogP contribution in [0.3, 0.4) is 0 Å². The average molecular weight is 379 g/mol. The molecule has 2 aromatic rings. The summed E-state index contributed by atoms with van der Waals surface area (Å²) in [4.78, 5) is 16.7. The summed E-state index contributed by atoms with van der Waals surface area (Å²) < 4.78 is 10.2. The van der Waals surface area contributed by atoms with Gasteiger partial charge in [-0.15, -0.1) is 9.74 Å². The van der Waals surface area contributed by atoms with Gasteiger partial charge in [0.1, 0.15) is 17.5 Å². The minimum atomic E-state index is -0.489. The fourth-order valence-corrected chi connectivity index (χ4v) is 3.33. The summed E-state index contributed by atoms with van der Waals surface area (Å²) in [7, 11) is 0. The van der Waals surface area contributed by atoms with Crippen LogP contribution in [0.15, 0.2) is 64.0 Å². The van der Waals surface area contributed by atoms with Crippen molar-refractivity contribution in [2.45, 2.75) is 13.5 Å². The lowest BCUT2D eigenvalue weighted by molar-refractivity contribution is -0.137. The molecule has 3 N–H and O–H groups in total. The number of anilines is 1. The number of para-hydroxylation sites is 1. The summed E-state index contributed by atoms with van der Waals surface area (Å²) in [6.07, 6.45) is 8.86. The van der Waals surface area contributed by atoms with Crippen LogP contribution in [0.4, 0.5) is 11.4 Å². The van der Waals surface area contributed by atoms with Crippen molar-refractivity contribution in [3.05, 3.63) is 65.9 Å². The molecule has 0 saturated heterocycles. The van der Waals surface area contributed by atoms with Gasteiger partial charge in [-0.1, -0.05) is 6.07 Å². The molecule has 4 rings (SSSR count). The SMILES string of the molecule is CCOC(=O)C1=Cc2cccc(NCc3ccco3)c2[N+]2(C#N)C=CN=C12.O. The van der Waals surface area contributed by atoms with E-state index in [4.69, 9.17) is 9.15 Å². The van der Waals surface area contributed by atoms with Crippen LogP contribution in [0.25, 0.3) is 6.08 Å². The number of carbonyl (C=O) groups is 1. The van der Waals surface area contributed by atoms with Gasteiger partial charge in [0.25, 0.3) is 5.84 Å². The second-order valence-corrected chi connectivity index (χ2v) is 6.03. The van der Waals surface area contributed by atoms with Gasteiger partial charge >= 0.3 is 12.2 Å². The minimum absolute atomic E-state index is 0. The molecule has 1 unspecified atom stereocenters. The molecule has 0 spiro atoms. The van der Waals surface area contributed by atoms with E-state index in [1.807, 2.05) is 30.3 Å². The number of benzene rings is 1. The van der Waals surface area contributed by atoms with Crippen LogP contribution in [0.1, 0.15) is 18.2 Å². The molecule has 0 aliphatic carbocycles. The minimum Gasteiger partial charge on any atom is -0.467 e. The Balaban J connectivity index is 0.00000225. The second kappa shape index (κ2) is 7.52. The van der Waals surface area contributed by atoms with Crippen LogP contribution in [-0.4, -0.2) is 23.9 Å². The van der Waals surface area contributed by atoms with Gasteiger partial charge in [0.2, 0.25) is 0 Å². The third-order valence-electron chi connectivity index (χ3n) is 4.47. The Hall–Kier alpha value is -3.67. The van der Waals surface area contributed by atoms with Gasteiger partial charge in [-0.25, -0.2) is 4.79 Å². The average Bonchev–Trinajstić information content (AvgIpc) is 3.35. The number of nitrogens with zero attached hydrogens (tertiary/aromatic N) is 3. The van der Waals surface area contributed by atoms with E-state index in [-0.39, 0.29) is 16.6 Å². The molecule has 1 atom stereocenters. The van der Waals surface area contributed by atoms with Crippen LogP contribution in [0.5, 0.6) is 0 Å². The van der Waals surface area contributed by atoms with E-state index in [0.717, 1.165) is 17.0 Å². The maximum Gasteiger partial charge on any atom is 0.346 e. The number of fused-ring (bicyclic) bond motifs is 3. The van der Waals surface area contributed by atoms with Crippen molar-refractivity contribution in [1.82, 2.24) is 4.48 Å². The second-order valence-electron chi connectivity index (χ2n) is 6.03. The van der Waals surface area contributed by atoms with E-state index < -0.39 is 5.97 Å². The molecule has 1 aromatic heterocycles. The third-order valence-corrected chi connectivity index (χ3v) is 4.47. The number of hydrogen-bond donors (Lipinski definition) is 1. The Labute approximate surface area is 161 Å². The van der Waals surface area contributed by atoms with E-state index in [1.165, 1.54) is 0 Å². The molecule has 8 heteroatoms. The van der Waals surface area contributed by atoms with E-state index >= 15 is 0 Å². The molecular formula is C20H19N4O4+. The molecule has 1 aromatic carbocycles. The van der Waals surface area contributed by atoms with Gasteiger partial charge in [0.15, 0.2) is 5.69 Å². The van der Waals surface area contributed by atoms with Crippen LogP contribution in [0.2, 0.25) is 0 Å². The molecule has 3 heterocycles. The highest BCUT2D eigenvalue weighted by Crippen LogP contribution is 2.44. The molecule has 0 bridgehead atoms. The lowest BCUT2D eigenvalue weighted by atomic mass is 9.98. The van der Waals surface area contributed by atoms with Gasteiger partial charge in [-0.2, -0.15) is 4.99 Å². The maximum atomic E-state index is 12.4. The predicted molar refractivity (Wildman–Crippen MR) is 105 cm³/mol. The van der Waals surface area contributed by atoms with Crippen molar-refractivity contribution in [2.24, 2.45) is 4.99 Å². The summed E-state index contributed by atoms with van der Waals surface area (Å²) in [6.45, 7) is 2.47. The molecule has 8 nitrogen and oxygen atoms in total. The molecule has 0 fully saturated rings. The molecule has 0 saturated carbocycles. The molecule has 142 valence electrons. The number of aliphatic imine (C=N–C) groups is 1. The van der Waals surface area contributed by atoms with E-state index in [9.17, 15) is 10.1 Å². The molecule has 0 amide bonds. The predicted octanol–water partition coefficient (Wildman–Crippen LogP) is 2.70. The Kier molecular flexibility index (Phi) is 5.13. The zero-order valence-corrected chi connectivity index (χ0v) is 15.2. The van der Waals surface area contributed by atoms with Gasteiger partial charge in [0, 0.05) is 5.56 Å². The van der Waals surface area contributed by atoms with Crippen LogP contribution in [0, 0.1) is 11.5 Å². The number of ether oxygens (including phenoxy) is 1. The van der Waals surface area contributed by atoms with E-state index in [2.05, 4.69) is 16.5 Å². The van der Waals surface area contributed by atoms with Crippen LogP contribution >= 0.6 is 0 Å².